The van der Waals surface area contributed by atoms with Crippen LogP contribution in [0.5, 0.6) is 0 Å². The Labute approximate surface area is 167 Å². The third-order valence-corrected chi connectivity index (χ3v) is 12.9. The fourth-order valence-electron chi connectivity index (χ4n) is 5.13. The zero-order chi connectivity index (χ0) is 20.1. The van der Waals surface area contributed by atoms with Gasteiger partial charge in [0.25, 0.3) is 0 Å². The van der Waals surface area contributed by atoms with Crippen LogP contribution in [0.3, 0.4) is 0 Å². The molecule has 2 atom stereocenters. The molecule has 2 aromatic carbocycles. The van der Waals surface area contributed by atoms with E-state index in [1.807, 2.05) is 0 Å². The predicted molar refractivity (Wildman–Crippen MR) is 123 cm³/mol. The summed E-state index contributed by atoms with van der Waals surface area (Å²) < 4.78 is 0. The zero-order valence-corrected chi connectivity index (χ0v) is 19.5. The lowest BCUT2D eigenvalue weighted by atomic mass is 10.0. The normalized spacial score (nSPS) is 22.0. The first-order valence-electron chi connectivity index (χ1n) is 10.0. The first-order valence-corrected chi connectivity index (χ1v) is 12.5. The van der Waals surface area contributed by atoms with Crippen LogP contribution < -0.4 is 10.4 Å². The number of benzene rings is 2. The Bertz CT molecular complexity index is 955. The molecule has 0 nitrogen and oxygen atoms in total. The van der Waals surface area contributed by atoms with Crippen molar-refractivity contribution in [1.82, 2.24) is 0 Å². The second-order valence-electron chi connectivity index (χ2n) is 9.10. The second-order valence-corrected chi connectivity index (χ2v) is 13.5. The maximum atomic E-state index is 2.59. The van der Waals surface area contributed by atoms with E-state index in [0.29, 0.717) is 0 Å². The first-order chi connectivity index (χ1) is 12.5. The van der Waals surface area contributed by atoms with Crippen molar-refractivity contribution in [2.45, 2.75) is 67.0 Å². The van der Waals surface area contributed by atoms with E-state index in [0.717, 1.165) is 0 Å². The second kappa shape index (κ2) is 6.63. The van der Waals surface area contributed by atoms with Crippen LogP contribution in [0.2, 0.25) is 11.6 Å². The van der Waals surface area contributed by atoms with Gasteiger partial charge in [0.2, 0.25) is 0 Å². The van der Waals surface area contributed by atoms with Gasteiger partial charge in [0, 0.05) is 5.04 Å². The Morgan fingerprint density at radius 1 is 0.741 bits per heavy atom. The number of rotatable bonds is 3. The van der Waals surface area contributed by atoms with E-state index in [1.54, 1.807) is 15.9 Å². The van der Waals surface area contributed by atoms with Crippen LogP contribution in [0.25, 0.3) is 0 Å². The molecule has 0 aliphatic heterocycles. The van der Waals surface area contributed by atoms with Gasteiger partial charge in [0.15, 0.2) is 0 Å². The molecule has 0 amide bonds. The van der Waals surface area contributed by atoms with Gasteiger partial charge >= 0.3 is 0 Å². The predicted octanol–water partition coefficient (Wildman–Crippen LogP) is 6.17. The van der Waals surface area contributed by atoms with Crippen molar-refractivity contribution < 1.29 is 0 Å². The minimum absolute atomic E-state index is 0.0833. The topological polar surface area (TPSA) is 0 Å². The molecule has 27 heavy (non-hydrogen) atoms. The molecule has 2 aromatic rings. The molecule has 2 unspecified atom stereocenters. The highest BCUT2D eigenvalue weighted by atomic mass is 28.3. The van der Waals surface area contributed by atoms with Crippen LogP contribution in [-0.2, 0) is 0 Å². The van der Waals surface area contributed by atoms with E-state index in [9.17, 15) is 0 Å². The molecule has 1 aliphatic carbocycles. The minimum Gasteiger partial charge on any atom is -0.0733 e. The van der Waals surface area contributed by atoms with Crippen molar-refractivity contribution in [2.75, 3.05) is 0 Å². The lowest BCUT2D eigenvalue weighted by Gasteiger charge is -2.45. The van der Waals surface area contributed by atoms with Gasteiger partial charge in [-0.15, -0.1) is 0 Å². The molecule has 0 heterocycles. The average Bonchev–Trinajstić information content (AvgIpc) is 2.79. The molecule has 0 bridgehead atoms. The molecule has 142 valence electrons. The van der Waals surface area contributed by atoms with Gasteiger partial charge in [-0.25, -0.2) is 0 Å². The van der Waals surface area contributed by atoms with Crippen molar-refractivity contribution in [3.05, 3.63) is 81.4 Å². The van der Waals surface area contributed by atoms with Gasteiger partial charge in [-0.1, -0.05) is 99.7 Å². The lowest BCUT2D eigenvalue weighted by Crippen LogP contribution is -2.64. The van der Waals surface area contributed by atoms with E-state index in [1.165, 1.54) is 33.4 Å². The van der Waals surface area contributed by atoms with Crippen LogP contribution in [0.1, 0.15) is 49.9 Å². The zero-order valence-electron chi connectivity index (χ0n) is 18.5. The quantitative estimate of drug-likeness (QED) is 0.564. The molecular formula is C26H34Si. The number of allylic oxidation sites excluding steroid dienone is 4. The first kappa shape index (κ1) is 19.9. The Kier molecular flexibility index (Phi) is 4.89. The third kappa shape index (κ3) is 2.97. The largest absolute Gasteiger partial charge is 0.128 e. The van der Waals surface area contributed by atoms with E-state index in [-0.39, 0.29) is 5.04 Å². The Morgan fingerprint density at radius 2 is 1.33 bits per heavy atom. The smallest absolute Gasteiger partial charge is 0.0733 e. The molecule has 0 radical (unpaired) electrons. The van der Waals surface area contributed by atoms with E-state index in [4.69, 9.17) is 0 Å². The summed E-state index contributed by atoms with van der Waals surface area (Å²) in [6.45, 7) is 21.0. The minimum atomic E-state index is -2.11. The summed E-state index contributed by atoms with van der Waals surface area (Å²) >= 11 is 0. The fourth-order valence-corrected chi connectivity index (χ4v) is 10.5. The molecule has 0 saturated heterocycles. The Morgan fingerprint density at radius 3 is 1.85 bits per heavy atom. The van der Waals surface area contributed by atoms with Crippen LogP contribution >= 0.6 is 0 Å². The molecule has 3 rings (SSSR count). The number of aryl methyl sites for hydroxylation is 4. The monoisotopic (exact) mass is 374 g/mol. The molecule has 0 saturated carbocycles. The van der Waals surface area contributed by atoms with Gasteiger partial charge in [-0.05, 0) is 54.0 Å². The van der Waals surface area contributed by atoms with Crippen molar-refractivity contribution in [3.63, 3.8) is 0 Å². The summed E-state index contributed by atoms with van der Waals surface area (Å²) in [4.78, 5) is 0. The fraction of sp³-hybridized carbons (Fsp3) is 0.385. The van der Waals surface area contributed by atoms with Crippen LogP contribution in [-0.4, -0.2) is 8.07 Å². The van der Waals surface area contributed by atoms with Gasteiger partial charge in [0.05, 0.1) is 0 Å². The number of hydrogen-bond donors (Lipinski definition) is 0. The lowest BCUT2D eigenvalue weighted by molar-refractivity contribution is 0.864. The van der Waals surface area contributed by atoms with Crippen molar-refractivity contribution in [2.24, 2.45) is 0 Å². The van der Waals surface area contributed by atoms with E-state index < -0.39 is 8.07 Å². The molecule has 0 N–H and O–H groups in total. The summed E-state index contributed by atoms with van der Waals surface area (Å²) in [5.74, 6) is 0. The van der Waals surface area contributed by atoms with Gasteiger partial charge < -0.3 is 0 Å². The molecule has 0 fully saturated rings. The summed E-state index contributed by atoms with van der Waals surface area (Å²) in [5, 5.41) is 3.21. The van der Waals surface area contributed by atoms with Crippen LogP contribution in [0.4, 0.5) is 0 Å². The standard InChI is InChI=1S/C26H34Si/c1-17-10-11-20(4)25(15-17)27(9,24-13-18(2)12-19(3)14-24)26(8)16-21(5)22(6)23(26)7/h10-16H,1-9H3. The third-order valence-electron chi connectivity index (χ3n) is 7.21. The highest BCUT2D eigenvalue weighted by molar-refractivity contribution is 7.04. The summed E-state index contributed by atoms with van der Waals surface area (Å²) in [5.41, 5.74) is 10.0. The van der Waals surface area contributed by atoms with Gasteiger partial charge in [0.1, 0.15) is 8.07 Å². The maximum absolute atomic E-state index is 2.59. The highest BCUT2D eigenvalue weighted by Crippen LogP contribution is 2.53. The SMILES string of the molecule is CC1=CC(C)([Si](C)(c2cc(C)cc(C)c2)c2cc(C)ccc2C)C(C)=C1C. The van der Waals surface area contributed by atoms with Crippen molar-refractivity contribution in [3.8, 4) is 0 Å². The van der Waals surface area contributed by atoms with Crippen LogP contribution in [0, 0.1) is 27.7 Å². The molecule has 1 heteroatoms. The maximum Gasteiger partial charge on any atom is 0.128 e. The summed E-state index contributed by atoms with van der Waals surface area (Å²) in [7, 11) is -2.11. The highest BCUT2D eigenvalue weighted by Gasteiger charge is 2.52. The van der Waals surface area contributed by atoms with E-state index >= 15 is 0 Å². The van der Waals surface area contributed by atoms with Crippen molar-refractivity contribution >= 4 is 18.4 Å². The Balaban J connectivity index is 2.43. The van der Waals surface area contributed by atoms with E-state index in [2.05, 4.69) is 104 Å². The summed E-state index contributed by atoms with van der Waals surface area (Å²) in [6.07, 6.45) is 2.57. The van der Waals surface area contributed by atoms with Crippen LogP contribution in [0.15, 0.2) is 59.2 Å². The Hall–Kier alpha value is -1.86. The van der Waals surface area contributed by atoms with Gasteiger partial charge in [-0.2, -0.15) is 0 Å². The molecule has 1 aliphatic rings. The number of hydrogen-bond acceptors (Lipinski definition) is 0. The average molecular weight is 375 g/mol. The molecular weight excluding hydrogens is 340 g/mol. The van der Waals surface area contributed by atoms with Crippen molar-refractivity contribution in [1.29, 1.82) is 0 Å². The summed E-state index contributed by atoms with van der Waals surface area (Å²) in [6, 6.07) is 14.2. The van der Waals surface area contributed by atoms with Gasteiger partial charge in [-0.3, -0.25) is 0 Å². The molecule has 0 spiro atoms. The molecule has 0 aromatic heterocycles.